The minimum Gasteiger partial charge on any atom is -0.494 e. The fraction of sp³-hybridized carbons (Fsp3) is 0.294. The maximum atomic E-state index is 5.64. The van der Waals surface area contributed by atoms with Gasteiger partial charge in [0.25, 0.3) is 0 Å². The van der Waals surface area contributed by atoms with E-state index in [0.717, 1.165) is 41.5 Å². The van der Waals surface area contributed by atoms with Crippen molar-refractivity contribution in [1.29, 1.82) is 0 Å². The minimum absolute atomic E-state index is 0.298. The average Bonchev–Trinajstić information content (AvgIpc) is 3.00. The van der Waals surface area contributed by atoms with E-state index in [1.54, 1.807) is 0 Å². The topological polar surface area (TPSA) is 39.7 Å². The molecule has 1 aliphatic heterocycles. The lowest BCUT2D eigenvalue weighted by atomic mass is 10.2. The Hall–Kier alpha value is -2.36. The molecule has 0 aliphatic carbocycles. The lowest BCUT2D eigenvalue weighted by Gasteiger charge is -2.10. The molecule has 0 radical (unpaired) electrons. The Balaban J connectivity index is 1.66. The van der Waals surface area contributed by atoms with Crippen LogP contribution in [-0.4, -0.2) is 13.4 Å². The Kier molecular flexibility index (Phi) is 4.15. The summed E-state index contributed by atoms with van der Waals surface area (Å²) in [5.41, 5.74) is 2.12. The van der Waals surface area contributed by atoms with E-state index in [9.17, 15) is 0 Å². The summed E-state index contributed by atoms with van der Waals surface area (Å²) >= 11 is 0. The molecular weight excluding hydrogens is 266 g/mol. The number of anilines is 1. The molecule has 0 atom stereocenters. The minimum atomic E-state index is 0.298. The van der Waals surface area contributed by atoms with Gasteiger partial charge in [0, 0.05) is 23.9 Å². The number of hydrogen-bond acceptors (Lipinski definition) is 4. The Morgan fingerprint density at radius 3 is 2.95 bits per heavy atom. The Bertz CT molecular complexity index is 613. The van der Waals surface area contributed by atoms with E-state index in [0.29, 0.717) is 13.3 Å². The Morgan fingerprint density at radius 2 is 2.05 bits per heavy atom. The Labute approximate surface area is 124 Å². The van der Waals surface area contributed by atoms with Gasteiger partial charge in [-0.3, -0.25) is 0 Å². The summed E-state index contributed by atoms with van der Waals surface area (Å²) in [4.78, 5) is 0. The second-order valence-electron chi connectivity index (χ2n) is 4.88. The fourth-order valence-electron chi connectivity index (χ4n) is 2.24. The molecule has 0 saturated heterocycles. The predicted molar refractivity (Wildman–Crippen MR) is 82.1 cm³/mol. The zero-order chi connectivity index (χ0) is 14.5. The molecule has 2 aromatic carbocycles. The number of para-hydroxylation sites is 1. The second kappa shape index (κ2) is 6.39. The quantitative estimate of drug-likeness (QED) is 0.876. The van der Waals surface area contributed by atoms with Crippen LogP contribution in [0.15, 0.2) is 42.5 Å². The molecule has 0 aromatic heterocycles. The van der Waals surface area contributed by atoms with Crippen LogP contribution in [0.5, 0.6) is 17.2 Å². The molecule has 1 N–H and O–H groups in total. The number of ether oxygens (including phenoxy) is 3. The summed E-state index contributed by atoms with van der Waals surface area (Å²) in [6, 6.07) is 13.9. The third-order valence-electron chi connectivity index (χ3n) is 3.27. The van der Waals surface area contributed by atoms with Crippen LogP contribution in [0.2, 0.25) is 0 Å². The molecule has 4 heteroatoms. The molecule has 3 rings (SSSR count). The van der Waals surface area contributed by atoms with Gasteiger partial charge < -0.3 is 19.5 Å². The number of fused-ring (bicyclic) bond motifs is 1. The molecule has 0 unspecified atom stereocenters. The van der Waals surface area contributed by atoms with Crippen molar-refractivity contribution in [2.24, 2.45) is 0 Å². The van der Waals surface area contributed by atoms with Crippen LogP contribution in [0.4, 0.5) is 5.69 Å². The van der Waals surface area contributed by atoms with Crippen molar-refractivity contribution in [1.82, 2.24) is 0 Å². The van der Waals surface area contributed by atoms with E-state index in [-0.39, 0.29) is 0 Å². The predicted octanol–water partition coefficient (Wildman–Crippen LogP) is 3.82. The maximum absolute atomic E-state index is 5.64. The highest BCUT2D eigenvalue weighted by Gasteiger charge is 2.16. The summed E-state index contributed by atoms with van der Waals surface area (Å²) in [5, 5.41) is 3.39. The lowest BCUT2D eigenvalue weighted by Crippen LogP contribution is -2.02. The number of nitrogens with one attached hydrogen (secondary N) is 1. The van der Waals surface area contributed by atoms with Gasteiger partial charge in [-0.25, -0.2) is 0 Å². The van der Waals surface area contributed by atoms with Gasteiger partial charge in [-0.05, 0) is 24.6 Å². The number of hydrogen-bond donors (Lipinski definition) is 1. The van der Waals surface area contributed by atoms with Gasteiger partial charge in [0.1, 0.15) is 5.75 Å². The summed E-state index contributed by atoms with van der Waals surface area (Å²) in [5.74, 6) is 2.54. The first-order chi connectivity index (χ1) is 10.4. The van der Waals surface area contributed by atoms with Gasteiger partial charge >= 0.3 is 0 Å². The van der Waals surface area contributed by atoms with Crippen LogP contribution in [0.3, 0.4) is 0 Å². The van der Waals surface area contributed by atoms with E-state index >= 15 is 0 Å². The summed E-state index contributed by atoms with van der Waals surface area (Å²) in [7, 11) is 0. The summed E-state index contributed by atoms with van der Waals surface area (Å²) < 4.78 is 16.5. The molecular formula is C17H19NO3. The van der Waals surface area contributed by atoms with Crippen molar-refractivity contribution in [3.63, 3.8) is 0 Å². The van der Waals surface area contributed by atoms with Crippen molar-refractivity contribution >= 4 is 5.69 Å². The zero-order valence-electron chi connectivity index (χ0n) is 12.1. The summed E-state index contributed by atoms with van der Waals surface area (Å²) in [6.45, 7) is 3.82. The van der Waals surface area contributed by atoms with Crippen molar-refractivity contribution < 1.29 is 14.2 Å². The van der Waals surface area contributed by atoms with Crippen LogP contribution < -0.4 is 19.5 Å². The molecule has 0 fully saturated rings. The first-order valence-corrected chi connectivity index (χ1v) is 7.21. The molecule has 0 saturated carbocycles. The van der Waals surface area contributed by atoms with Gasteiger partial charge in [0.05, 0.1) is 6.61 Å². The highest BCUT2D eigenvalue weighted by atomic mass is 16.7. The van der Waals surface area contributed by atoms with Gasteiger partial charge in [-0.15, -0.1) is 0 Å². The highest BCUT2D eigenvalue weighted by molar-refractivity contribution is 5.52. The van der Waals surface area contributed by atoms with Crippen LogP contribution >= 0.6 is 0 Å². The van der Waals surface area contributed by atoms with Crippen LogP contribution in [-0.2, 0) is 6.54 Å². The van der Waals surface area contributed by atoms with Crippen molar-refractivity contribution in [2.45, 2.75) is 19.9 Å². The molecule has 0 spiro atoms. The van der Waals surface area contributed by atoms with Gasteiger partial charge in [-0.2, -0.15) is 0 Å². The standard InChI is InChI=1S/C17H19NO3/c1-2-9-19-15-7-4-6-14(10-15)18-11-13-5-3-8-16-17(13)21-12-20-16/h3-8,10,18H,2,9,11-12H2,1H3. The molecule has 0 bridgehead atoms. The van der Waals surface area contributed by atoms with Gasteiger partial charge in [-0.1, -0.05) is 25.1 Å². The molecule has 21 heavy (non-hydrogen) atoms. The normalized spacial score (nSPS) is 12.2. The largest absolute Gasteiger partial charge is 0.494 e. The molecule has 1 aliphatic rings. The van der Waals surface area contributed by atoms with Crippen LogP contribution in [0, 0.1) is 0 Å². The first-order valence-electron chi connectivity index (χ1n) is 7.21. The molecule has 0 amide bonds. The van der Waals surface area contributed by atoms with E-state index in [1.165, 1.54) is 0 Å². The van der Waals surface area contributed by atoms with E-state index < -0.39 is 0 Å². The van der Waals surface area contributed by atoms with Gasteiger partial charge in [0.15, 0.2) is 11.5 Å². The van der Waals surface area contributed by atoms with Crippen molar-refractivity contribution in [3.8, 4) is 17.2 Å². The van der Waals surface area contributed by atoms with E-state index in [1.807, 2.05) is 42.5 Å². The first kappa shape index (κ1) is 13.6. The fourth-order valence-corrected chi connectivity index (χ4v) is 2.24. The smallest absolute Gasteiger partial charge is 0.231 e. The van der Waals surface area contributed by atoms with Crippen LogP contribution in [0.25, 0.3) is 0 Å². The SMILES string of the molecule is CCCOc1cccc(NCc2cccc3c2OCO3)c1. The highest BCUT2D eigenvalue weighted by Crippen LogP contribution is 2.35. The lowest BCUT2D eigenvalue weighted by molar-refractivity contribution is 0.173. The monoisotopic (exact) mass is 285 g/mol. The zero-order valence-corrected chi connectivity index (χ0v) is 12.1. The molecule has 4 nitrogen and oxygen atoms in total. The molecule has 110 valence electrons. The number of benzene rings is 2. The van der Waals surface area contributed by atoms with Crippen molar-refractivity contribution in [3.05, 3.63) is 48.0 Å². The van der Waals surface area contributed by atoms with E-state index in [4.69, 9.17) is 14.2 Å². The molecule has 1 heterocycles. The average molecular weight is 285 g/mol. The second-order valence-corrected chi connectivity index (χ2v) is 4.88. The molecule has 2 aromatic rings. The van der Waals surface area contributed by atoms with Gasteiger partial charge in [0.2, 0.25) is 6.79 Å². The van der Waals surface area contributed by atoms with E-state index in [2.05, 4.69) is 12.2 Å². The Morgan fingerprint density at radius 1 is 1.14 bits per heavy atom. The van der Waals surface area contributed by atoms with Crippen LogP contribution in [0.1, 0.15) is 18.9 Å². The third-order valence-corrected chi connectivity index (χ3v) is 3.27. The third kappa shape index (κ3) is 3.21. The maximum Gasteiger partial charge on any atom is 0.231 e. The summed E-state index contributed by atoms with van der Waals surface area (Å²) in [6.07, 6.45) is 1.01. The number of rotatable bonds is 6. The van der Waals surface area contributed by atoms with Crippen molar-refractivity contribution in [2.75, 3.05) is 18.7 Å².